The number of nitrogens with one attached hydrogen (secondary N) is 1. The van der Waals surface area contributed by atoms with E-state index in [2.05, 4.69) is 26.7 Å². The smallest absolute Gasteiger partial charge is 0.136 e. The van der Waals surface area contributed by atoms with E-state index in [1.807, 2.05) is 20.8 Å². The molecule has 2 unspecified atom stereocenters. The summed E-state index contributed by atoms with van der Waals surface area (Å²) in [4.78, 5) is 0. The first-order chi connectivity index (χ1) is 13.8. The van der Waals surface area contributed by atoms with E-state index in [0.29, 0.717) is 15.6 Å². The Balaban J connectivity index is 2.43. The minimum absolute atomic E-state index is 0.254. The van der Waals surface area contributed by atoms with Crippen molar-refractivity contribution in [1.29, 1.82) is 5.26 Å². The van der Waals surface area contributed by atoms with Crippen molar-refractivity contribution in [2.24, 2.45) is 0 Å². The van der Waals surface area contributed by atoms with Crippen molar-refractivity contribution in [3.8, 4) is 6.07 Å². The first kappa shape index (κ1) is 25.2. The second-order valence-corrected chi connectivity index (χ2v) is 12.7. The summed E-state index contributed by atoms with van der Waals surface area (Å²) in [6.45, 7) is 9.01. The van der Waals surface area contributed by atoms with Gasteiger partial charge < -0.3 is 4.55 Å². The van der Waals surface area contributed by atoms with E-state index in [-0.39, 0.29) is 11.6 Å². The molecule has 0 bridgehead atoms. The molecule has 0 saturated heterocycles. The molecule has 0 aliphatic heterocycles. The number of thioether (sulfide) groups is 1. The number of hydrogen-bond acceptors (Lipinski definition) is 4. The second-order valence-electron chi connectivity index (χ2n) is 8.38. The quantitative estimate of drug-likeness (QED) is 0.449. The predicted octanol–water partition coefficient (Wildman–Crippen LogP) is 6.17. The van der Waals surface area contributed by atoms with Gasteiger partial charge in [-0.2, -0.15) is 5.26 Å². The zero-order chi connectivity index (χ0) is 22.7. The van der Waals surface area contributed by atoms with Gasteiger partial charge in [0.15, 0.2) is 0 Å². The molecule has 0 heterocycles. The van der Waals surface area contributed by atoms with E-state index in [0.717, 1.165) is 0 Å². The molecule has 0 saturated carbocycles. The van der Waals surface area contributed by atoms with E-state index in [1.54, 1.807) is 38.1 Å². The first-order valence-electron chi connectivity index (χ1n) is 9.27. The van der Waals surface area contributed by atoms with Crippen molar-refractivity contribution in [2.75, 3.05) is 5.75 Å². The van der Waals surface area contributed by atoms with E-state index >= 15 is 0 Å². The normalized spacial score (nSPS) is 16.9. The summed E-state index contributed by atoms with van der Waals surface area (Å²) >= 11 is 3.19. The van der Waals surface area contributed by atoms with Crippen LogP contribution in [0.3, 0.4) is 0 Å². The number of hydrogen-bond donors (Lipinski definition) is 1. The highest BCUT2D eigenvalue weighted by Gasteiger charge is 2.41. The van der Waals surface area contributed by atoms with E-state index in [4.69, 9.17) is 0 Å². The number of rotatable bonds is 7. The van der Waals surface area contributed by atoms with Crippen molar-refractivity contribution in [1.82, 2.24) is 4.72 Å². The van der Waals surface area contributed by atoms with Gasteiger partial charge in [0.25, 0.3) is 0 Å². The van der Waals surface area contributed by atoms with Crippen LogP contribution in [0.1, 0.15) is 45.7 Å². The van der Waals surface area contributed by atoms with Gasteiger partial charge in [-0.15, -0.1) is 16.5 Å². The lowest BCUT2D eigenvalue weighted by molar-refractivity contribution is 0.441. The van der Waals surface area contributed by atoms with Crippen molar-refractivity contribution < 1.29 is 13.3 Å². The lowest BCUT2D eigenvalue weighted by Crippen LogP contribution is -2.52. The van der Waals surface area contributed by atoms with Crippen molar-refractivity contribution >= 4 is 39.1 Å². The molecule has 162 valence electrons. The van der Waals surface area contributed by atoms with Crippen LogP contribution in [0.4, 0.5) is 8.78 Å². The molecule has 30 heavy (non-hydrogen) atoms. The van der Waals surface area contributed by atoms with Gasteiger partial charge in [0.2, 0.25) is 0 Å². The molecule has 0 aliphatic carbocycles. The Morgan fingerprint density at radius 2 is 1.70 bits per heavy atom. The minimum Gasteiger partial charge on any atom is -0.598 e. The standard InChI is InChI=1S/C22H25BrF2N2OS2/c1-20(2,3)30(28)27-21(4,18-12-16(23)8-11-19(18)25)14-29-22(5,13-26)15-6-9-17(24)10-7-15/h6-12,27H,14H2,1-5H3/t21-,22?,30?/m0/s1. The van der Waals surface area contributed by atoms with E-state index in [9.17, 15) is 18.6 Å². The largest absolute Gasteiger partial charge is 0.598 e. The van der Waals surface area contributed by atoms with Crippen LogP contribution in [0.5, 0.6) is 0 Å². The van der Waals surface area contributed by atoms with Crippen molar-refractivity contribution in [3.05, 3.63) is 69.7 Å². The predicted molar refractivity (Wildman–Crippen MR) is 124 cm³/mol. The summed E-state index contributed by atoms with van der Waals surface area (Å²) in [5, 5.41) is 9.86. The maximum absolute atomic E-state index is 14.8. The van der Waals surface area contributed by atoms with Gasteiger partial charge >= 0.3 is 0 Å². The number of halogens is 3. The third kappa shape index (κ3) is 5.98. The molecule has 3 nitrogen and oxygen atoms in total. The summed E-state index contributed by atoms with van der Waals surface area (Å²) < 4.78 is 43.3. The summed E-state index contributed by atoms with van der Waals surface area (Å²) in [7, 11) is 0. The highest BCUT2D eigenvalue weighted by Crippen LogP contribution is 2.41. The molecular weight excluding hydrogens is 490 g/mol. The number of nitriles is 1. The molecule has 0 aromatic heterocycles. The Hall–Kier alpha value is -1.11. The Labute approximate surface area is 193 Å². The highest BCUT2D eigenvalue weighted by molar-refractivity contribution is 9.10. The summed E-state index contributed by atoms with van der Waals surface area (Å²) in [6.07, 6.45) is 0. The van der Waals surface area contributed by atoms with E-state index < -0.39 is 32.2 Å². The number of nitrogens with zero attached hydrogens (tertiary/aromatic N) is 1. The third-order valence-corrected chi connectivity index (χ3v) is 8.52. The average Bonchev–Trinajstić information content (AvgIpc) is 2.67. The van der Waals surface area contributed by atoms with Crippen LogP contribution >= 0.6 is 27.7 Å². The Morgan fingerprint density at radius 3 is 2.23 bits per heavy atom. The zero-order valence-corrected chi connectivity index (χ0v) is 20.8. The molecule has 2 aromatic rings. The Bertz CT molecular complexity index is 930. The minimum atomic E-state index is -1.48. The van der Waals surface area contributed by atoms with Gasteiger partial charge in [-0.3, -0.25) is 0 Å². The molecule has 0 amide bonds. The fourth-order valence-corrected chi connectivity index (χ4v) is 5.20. The fraction of sp³-hybridized carbons (Fsp3) is 0.409. The first-order valence-corrected chi connectivity index (χ1v) is 12.2. The molecular formula is C22H25BrF2N2OS2. The Morgan fingerprint density at radius 1 is 1.10 bits per heavy atom. The van der Waals surface area contributed by atoms with Crippen LogP contribution in [-0.4, -0.2) is 15.1 Å². The third-order valence-electron chi connectivity index (χ3n) is 4.65. The second kappa shape index (κ2) is 9.58. The molecule has 0 radical (unpaired) electrons. The van der Waals surface area contributed by atoms with Gasteiger partial charge in [0, 0.05) is 27.2 Å². The van der Waals surface area contributed by atoms with Crippen LogP contribution in [0, 0.1) is 23.0 Å². The van der Waals surface area contributed by atoms with Gasteiger partial charge in [-0.1, -0.05) is 28.1 Å². The molecule has 2 rings (SSSR count). The van der Waals surface area contributed by atoms with Gasteiger partial charge in [0.1, 0.15) is 21.1 Å². The summed E-state index contributed by atoms with van der Waals surface area (Å²) in [6, 6.07) is 12.7. The van der Waals surface area contributed by atoms with Crippen LogP contribution in [0.25, 0.3) is 0 Å². The zero-order valence-electron chi connectivity index (χ0n) is 17.6. The maximum Gasteiger partial charge on any atom is 0.136 e. The lowest BCUT2D eigenvalue weighted by atomic mass is 9.95. The topological polar surface area (TPSA) is 58.9 Å². The van der Waals surface area contributed by atoms with Crippen molar-refractivity contribution in [2.45, 2.75) is 49.7 Å². The van der Waals surface area contributed by atoms with Crippen molar-refractivity contribution in [3.63, 3.8) is 0 Å². The molecule has 2 aromatic carbocycles. The molecule has 0 aliphatic rings. The molecule has 1 N–H and O–H groups in total. The molecule has 8 heteroatoms. The SMILES string of the molecule is CC(C#N)(SC[C@](C)(N[S+]([O-])C(C)(C)C)c1cc(Br)ccc1F)c1ccc(F)cc1. The van der Waals surface area contributed by atoms with Gasteiger partial charge in [-0.05, 0) is 70.5 Å². The molecule has 3 atom stereocenters. The average molecular weight is 515 g/mol. The monoisotopic (exact) mass is 514 g/mol. The fourth-order valence-electron chi connectivity index (χ4n) is 2.68. The summed E-state index contributed by atoms with van der Waals surface area (Å²) in [5.41, 5.74) is -0.0405. The highest BCUT2D eigenvalue weighted by atomic mass is 79.9. The Kier molecular flexibility index (Phi) is 8.03. The van der Waals surface area contributed by atoms with Gasteiger partial charge in [-0.25, -0.2) is 8.78 Å². The molecule has 0 fully saturated rings. The molecule has 0 spiro atoms. The van der Waals surface area contributed by atoms with Crippen LogP contribution in [0.2, 0.25) is 0 Å². The number of benzene rings is 2. The maximum atomic E-state index is 14.8. The van der Waals surface area contributed by atoms with E-state index in [1.165, 1.54) is 30.0 Å². The summed E-state index contributed by atoms with van der Waals surface area (Å²) in [5.74, 6) is -0.559. The van der Waals surface area contributed by atoms with Crippen LogP contribution < -0.4 is 4.72 Å². The van der Waals surface area contributed by atoms with Gasteiger partial charge in [0.05, 0.1) is 11.6 Å². The van der Waals surface area contributed by atoms with Crippen LogP contribution in [-0.2, 0) is 21.6 Å². The van der Waals surface area contributed by atoms with Crippen LogP contribution in [0.15, 0.2) is 46.9 Å². The lowest BCUT2D eigenvalue weighted by Gasteiger charge is -2.37.